The van der Waals surface area contributed by atoms with Gasteiger partial charge in [-0.2, -0.15) is 0 Å². The van der Waals surface area contributed by atoms with Crippen molar-refractivity contribution >= 4 is 0 Å². The lowest BCUT2D eigenvalue weighted by Crippen LogP contribution is -2.34. The Kier molecular flexibility index (Phi) is 6.48. The molecule has 0 bridgehead atoms. The Morgan fingerprint density at radius 3 is 2.43 bits per heavy atom. The van der Waals surface area contributed by atoms with E-state index in [0.29, 0.717) is 5.75 Å². The predicted octanol–water partition coefficient (Wildman–Crippen LogP) is 6.07. The Morgan fingerprint density at radius 1 is 1.00 bits per heavy atom. The maximum Gasteiger partial charge on any atom is 0.127 e. The zero-order chi connectivity index (χ0) is 21.1. The van der Waals surface area contributed by atoms with Crippen molar-refractivity contribution in [1.82, 2.24) is 4.90 Å². The molecule has 0 aromatic heterocycles. The van der Waals surface area contributed by atoms with E-state index in [1.807, 2.05) is 13.0 Å². The number of allylic oxidation sites excluding steroid dienone is 2. The third-order valence-electron chi connectivity index (χ3n) is 7.04. The van der Waals surface area contributed by atoms with E-state index in [1.165, 1.54) is 24.0 Å². The molecule has 0 radical (unpaired) electrons. The molecule has 1 heterocycles. The highest BCUT2D eigenvalue weighted by Gasteiger charge is 2.26. The Morgan fingerprint density at radius 2 is 1.73 bits per heavy atom. The van der Waals surface area contributed by atoms with Crippen molar-refractivity contribution in [3.05, 3.63) is 70.3 Å². The normalized spacial score (nSPS) is 20.9. The van der Waals surface area contributed by atoms with E-state index in [9.17, 15) is 10.2 Å². The van der Waals surface area contributed by atoms with Gasteiger partial charge in [-0.1, -0.05) is 42.0 Å². The van der Waals surface area contributed by atoms with Gasteiger partial charge in [0.25, 0.3) is 0 Å². The van der Waals surface area contributed by atoms with Gasteiger partial charge in [0, 0.05) is 23.6 Å². The van der Waals surface area contributed by atoms with Crippen molar-refractivity contribution in [3.8, 4) is 11.5 Å². The minimum absolute atomic E-state index is 0.120. The van der Waals surface area contributed by atoms with Crippen LogP contribution >= 0.6 is 0 Å². The highest BCUT2D eigenvalue weighted by atomic mass is 16.3. The molecule has 3 heteroatoms. The van der Waals surface area contributed by atoms with Crippen LogP contribution in [-0.2, 0) is 13.0 Å². The number of benzene rings is 2. The molecule has 0 amide bonds. The number of rotatable bonds is 5. The van der Waals surface area contributed by atoms with Crippen molar-refractivity contribution in [2.75, 3.05) is 13.1 Å². The van der Waals surface area contributed by atoms with E-state index in [2.05, 4.69) is 48.2 Å². The number of hydrogen-bond donors (Lipinski definition) is 2. The summed E-state index contributed by atoms with van der Waals surface area (Å²) in [5.74, 6) is 1.42. The Balaban J connectivity index is 1.45. The molecule has 3 nitrogen and oxygen atoms in total. The maximum absolute atomic E-state index is 11.2. The number of aryl methyl sites for hydroxylation is 1. The second-order valence-corrected chi connectivity index (χ2v) is 9.37. The number of phenols is 2. The largest absolute Gasteiger partial charge is 0.507 e. The summed E-state index contributed by atoms with van der Waals surface area (Å²) in [7, 11) is 0. The first-order valence-corrected chi connectivity index (χ1v) is 11.5. The van der Waals surface area contributed by atoms with Crippen molar-refractivity contribution in [2.24, 2.45) is 5.92 Å². The summed E-state index contributed by atoms with van der Waals surface area (Å²) in [5.41, 5.74) is 5.49. The van der Waals surface area contributed by atoms with Crippen molar-refractivity contribution in [2.45, 2.75) is 64.8 Å². The smallest absolute Gasteiger partial charge is 0.127 e. The van der Waals surface area contributed by atoms with E-state index in [-0.39, 0.29) is 11.7 Å². The lowest BCUT2D eigenvalue weighted by atomic mass is 9.83. The van der Waals surface area contributed by atoms with Crippen LogP contribution in [0, 0.1) is 12.8 Å². The second-order valence-electron chi connectivity index (χ2n) is 9.37. The molecule has 160 valence electrons. The molecule has 2 N–H and O–H groups in total. The van der Waals surface area contributed by atoms with Gasteiger partial charge in [-0.3, -0.25) is 4.90 Å². The second kappa shape index (κ2) is 9.26. The SMILES string of the molecule is CC1=CC(c2c(O)cc(C)c(CN3CCC(Cc4ccccc4)CC3)c2O)CCC1. The summed E-state index contributed by atoms with van der Waals surface area (Å²) in [6.45, 7) is 7.04. The van der Waals surface area contributed by atoms with Crippen LogP contribution in [0.15, 0.2) is 48.0 Å². The molecule has 1 atom stereocenters. The van der Waals surface area contributed by atoms with E-state index in [0.717, 1.165) is 67.9 Å². The van der Waals surface area contributed by atoms with Gasteiger partial charge < -0.3 is 10.2 Å². The Bertz CT molecular complexity index is 895. The summed E-state index contributed by atoms with van der Waals surface area (Å²) in [5, 5.41) is 21.8. The molecule has 1 aliphatic heterocycles. The van der Waals surface area contributed by atoms with Crippen LogP contribution in [0.25, 0.3) is 0 Å². The van der Waals surface area contributed by atoms with Gasteiger partial charge in [0.15, 0.2) is 0 Å². The molecule has 0 saturated carbocycles. The summed E-state index contributed by atoms with van der Waals surface area (Å²) in [6.07, 6.45) is 9.01. The van der Waals surface area contributed by atoms with Gasteiger partial charge >= 0.3 is 0 Å². The zero-order valence-corrected chi connectivity index (χ0v) is 18.4. The molecule has 4 rings (SSSR count). The highest BCUT2D eigenvalue weighted by molar-refractivity contribution is 5.55. The first kappa shape index (κ1) is 21.0. The molecule has 1 aliphatic carbocycles. The Labute approximate surface area is 181 Å². The van der Waals surface area contributed by atoms with E-state index in [4.69, 9.17) is 0 Å². The first-order chi connectivity index (χ1) is 14.5. The summed E-state index contributed by atoms with van der Waals surface area (Å²) in [4.78, 5) is 2.46. The van der Waals surface area contributed by atoms with E-state index in [1.54, 1.807) is 0 Å². The first-order valence-electron chi connectivity index (χ1n) is 11.5. The monoisotopic (exact) mass is 405 g/mol. The van der Waals surface area contributed by atoms with Gasteiger partial charge in [-0.15, -0.1) is 0 Å². The molecular formula is C27H35NO2. The van der Waals surface area contributed by atoms with Crippen molar-refractivity contribution in [1.29, 1.82) is 0 Å². The number of piperidine rings is 1. The van der Waals surface area contributed by atoms with Crippen LogP contribution in [0.4, 0.5) is 0 Å². The number of likely N-dealkylation sites (tertiary alicyclic amines) is 1. The fraction of sp³-hybridized carbons (Fsp3) is 0.481. The molecule has 1 unspecified atom stereocenters. The van der Waals surface area contributed by atoms with Gasteiger partial charge in [0.1, 0.15) is 11.5 Å². The molecule has 2 aromatic carbocycles. The van der Waals surface area contributed by atoms with E-state index < -0.39 is 0 Å². The lowest BCUT2D eigenvalue weighted by Gasteiger charge is -2.33. The average molecular weight is 406 g/mol. The molecular weight excluding hydrogens is 370 g/mol. The topological polar surface area (TPSA) is 43.7 Å². The number of aromatic hydroxyl groups is 2. The quantitative estimate of drug-likeness (QED) is 0.593. The molecule has 2 aliphatic rings. The Hall–Kier alpha value is -2.26. The third kappa shape index (κ3) is 4.73. The van der Waals surface area contributed by atoms with Gasteiger partial charge in [0.2, 0.25) is 0 Å². The number of hydrogen-bond acceptors (Lipinski definition) is 3. The molecule has 1 saturated heterocycles. The van der Waals surface area contributed by atoms with E-state index >= 15 is 0 Å². The standard InChI is InChI=1S/C27H35NO2/c1-19-7-6-10-23(15-19)26-25(29)16-20(2)24(27(26)30)18-28-13-11-22(12-14-28)17-21-8-4-3-5-9-21/h3-5,8-9,15-16,22-23,29-30H,6-7,10-14,17-18H2,1-2H3. The summed E-state index contributed by atoms with van der Waals surface area (Å²) in [6, 6.07) is 12.6. The van der Waals surface area contributed by atoms with Crippen LogP contribution in [0.2, 0.25) is 0 Å². The average Bonchev–Trinajstić information content (AvgIpc) is 2.73. The maximum atomic E-state index is 11.2. The number of nitrogens with zero attached hydrogens (tertiary/aromatic N) is 1. The van der Waals surface area contributed by atoms with Gasteiger partial charge in [-0.25, -0.2) is 0 Å². The van der Waals surface area contributed by atoms with Gasteiger partial charge in [0.05, 0.1) is 0 Å². The zero-order valence-electron chi connectivity index (χ0n) is 18.4. The molecule has 0 spiro atoms. The molecule has 30 heavy (non-hydrogen) atoms. The van der Waals surface area contributed by atoms with Crippen LogP contribution < -0.4 is 0 Å². The van der Waals surface area contributed by atoms with Crippen molar-refractivity contribution in [3.63, 3.8) is 0 Å². The fourth-order valence-electron chi connectivity index (χ4n) is 5.26. The minimum Gasteiger partial charge on any atom is -0.507 e. The molecule has 2 aromatic rings. The van der Waals surface area contributed by atoms with Gasteiger partial charge in [-0.05, 0) is 88.6 Å². The molecule has 1 fully saturated rings. The fourth-order valence-corrected chi connectivity index (χ4v) is 5.26. The third-order valence-corrected chi connectivity index (χ3v) is 7.04. The van der Waals surface area contributed by atoms with Crippen LogP contribution in [-0.4, -0.2) is 28.2 Å². The van der Waals surface area contributed by atoms with Crippen LogP contribution in [0.5, 0.6) is 11.5 Å². The number of phenolic OH excluding ortho intramolecular Hbond substituents is 2. The summed E-state index contributed by atoms with van der Waals surface area (Å²) >= 11 is 0. The van der Waals surface area contributed by atoms with Crippen molar-refractivity contribution < 1.29 is 10.2 Å². The lowest BCUT2D eigenvalue weighted by molar-refractivity contribution is 0.175. The van der Waals surface area contributed by atoms with Crippen LogP contribution in [0.1, 0.15) is 67.2 Å². The minimum atomic E-state index is 0.120. The predicted molar refractivity (Wildman–Crippen MR) is 123 cm³/mol. The summed E-state index contributed by atoms with van der Waals surface area (Å²) < 4.78 is 0. The van der Waals surface area contributed by atoms with Crippen LogP contribution in [0.3, 0.4) is 0 Å². The highest BCUT2D eigenvalue weighted by Crippen LogP contribution is 2.44.